The molecule has 0 saturated carbocycles. The Bertz CT molecular complexity index is 1050. The van der Waals surface area contributed by atoms with E-state index in [2.05, 4.69) is 5.32 Å². The third-order valence-corrected chi connectivity index (χ3v) is 6.96. The third kappa shape index (κ3) is 7.58. The Kier molecular flexibility index (Phi) is 10.1. The zero-order chi connectivity index (χ0) is 25.3. The zero-order valence-electron chi connectivity index (χ0n) is 20.9. The van der Waals surface area contributed by atoms with E-state index in [1.807, 2.05) is 69.3 Å². The number of para-hydroxylation sites is 1. The summed E-state index contributed by atoms with van der Waals surface area (Å²) in [5.74, 6) is -0.657. The second-order valence-electron chi connectivity index (χ2n) is 8.65. The molecule has 0 fully saturated rings. The van der Waals surface area contributed by atoms with Crippen molar-refractivity contribution in [3.8, 4) is 0 Å². The quantitative estimate of drug-likeness (QED) is 0.465. The van der Waals surface area contributed by atoms with Gasteiger partial charge in [0.2, 0.25) is 21.8 Å². The molecule has 1 N–H and O–H groups in total. The molecule has 34 heavy (non-hydrogen) atoms. The van der Waals surface area contributed by atoms with Crippen LogP contribution >= 0.6 is 0 Å². The Morgan fingerprint density at radius 2 is 1.62 bits per heavy atom. The molecule has 7 nitrogen and oxygen atoms in total. The molecule has 0 aliphatic carbocycles. The molecule has 2 amide bonds. The third-order valence-electron chi connectivity index (χ3n) is 5.85. The van der Waals surface area contributed by atoms with Crippen LogP contribution in [0.2, 0.25) is 0 Å². The van der Waals surface area contributed by atoms with Crippen LogP contribution in [0, 0.1) is 13.8 Å². The van der Waals surface area contributed by atoms with Crippen molar-refractivity contribution in [3.05, 3.63) is 65.2 Å². The van der Waals surface area contributed by atoms with Gasteiger partial charge in [0.05, 0.1) is 11.9 Å². The van der Waals surface area contributed by atoms with Crippen LogP contribution in [0.4, 0.5) is 5.69 Å². The van der Waals surface area contributed by atoms with Crippen LogP contribution in [0.3, 0.4) is 0 Å². The van der Waals surface area contributed by atoms with E-state index in [9.17, 15) is 18.0 Å². The van der Waals surface area contributed by atoms with E-state index in [0.29, 0.717) is 25.2 Å². The average Bonchev–Trinajstić information content (AvgIpc) is 2.78. The maximum atomic E-state index is 13.5. The van der Waals surface area contributed by atoms with E-state index in [4.69, 9.17) is 0 Å². The van der Waals surface area contributed by atoms with Crippen LogP contribution in [-0.4, -0.2) is 57.1 Å². The van der Waals surface area contributed by atoms with Gasteiger partial charge in [0.15, 0.2) is 0 Å². The van der Waals surface area contributed by atoms with E-state index in [0.717, 1.165) is 40.1 Å². The van der Waals surface area contributed by atoms with Crippen molar-refractivity contribution in [3.63, 3.8) is 0 Å². The number of nitrogens with zero attached hydrogens (tertiary/aromatic N) is 2. The first-order valence-electron chi connectivity index (χ1n) is 11.7. The SMILES string of the molecule is CCCCNC(=O)C(C)N(CCc1ccccc1)C(=O)CN(c1c(C)cccc1C)S(C)(=O)=O. The predicted octanol–water partition coefficient (Wildman–Crippen LogP) is 3.45. The Labute approximate surface area is 204 Å². The molecule has 0 heterocycles. The van der Waals surface area contributed by atoms with Crippen molar-refractivity contribution in [2.24, 2.45) is 0 Å². The van der Waals surface area contributed by atoms with Crippen molar-refractivity contribution in [1.82, 2.24) is 10.2 Å². The molecule has 1 unspecified atom stereocenters. The summed E-state index contributed by atoms with van der Waals surface area (Å²) >= 11 is 0. The number of carbonyl (C=O) groups excluding carboxylic acids is 2. The van der Waals surface area contributed by atoms with Gasteiger partial charge >= 0.3 is 0 Å². The van der Waals surface area contributed by atoms with E-state index in [-0.39, 0.29) is 12.5 Å². The van der Waals surface area contributed by atoms with Gasteiger partial charge in [-0.05, 0) is 50.3 Å². The van der Waals surface area contributed by atoms with Crippen LogP contribution in [0.15, 0.2) is 48.5 Å². The maximum absolute atomic E-state index is 13.5. The number of sulfonamides is 1. The lowest BCUT2D eigenvalue weighted by Crippen LogP contribution is -2.52. The molecule has 0 radical (unpaired) electrons. The van der Waals surface area contributed by atoms with Gasteiger partial charge in [-0.15, -0.1) is 0 Å². The van der Waals surface area contributed by atoms with Crippen LogP contribution in [0.25, 0.3) is 0 Å². The van der Waals surface area contributed by atoms with Crippen molar-refractivity contribution in [2.75, 3.05) is 30.2 Å². The Hall–Kier alpha value is -2.87. The molecule has 0 bridgehead atoms. The van der Waals surface area contributed by atoms with Gasteiger partial charge in [0.1, 0.15) is 12.6 Å². The summed E-state index contributed by atoms with van der Waals surface area (Å²) in [7, 11) is -3.74. The number of hydrogen-bond acceptors (Lipinski definition) is 4. The van der Waals surface area contributed by atoms with Crippen LogP contribution in [0.5, 0.6) is 0 Å². The first-order chi connectivity index (χ1) is 16.1. The second kappa shape index (κ2) is 12.6. The summed E-state index contributed by atoms with van der Waals surface area (Å²) < 4.78 is 26.6. The molecule has 0 saturated heterocycles. The van der Waals surface area contributed by atoms with Crippen LogP contribution in [0.1, 0.15) is 43.4 Å². The first-order valence-corrected chi connectivity index (χ1v) is 13.6. The summed E-state index contributed by atoms with van der Waals surface area (Å²) in [6, 6.07) is 14.5. The van der Waals surface area contributed by atoms with Gasteiger partial charge < -0.3 is 10.2 Å². The number of carbonyl (C=O) groups is 2. The monoisotopic (exact) mass is 487 g/mol. The van der Waals surface area contributed by atoms with Crippen molar-refractivity contribution in [2.45, 2.75) is 53.0 Å². The standard InChI is InChI=1S/C26H37N3O4S/c1-6-7-17-27-26(31)22(4)28(18-16-23-14-9-8-10-15-23)24(30)19-29(34(5,32)33)25-20(2)12-11-13-21(25)3/h8-15,22H,6-7,16-19H2,1-5H3,(H,27,31). The summed E-state index contributed by atoms with van der Waals surface area (Å²) in [4.78, 5) is 27.8. The van der Waals surface area contributed by atoms with Crippen LogP contribution in [-0.2, 0) is 26.0 Å². The molecule has 1 atom stereocenters. The molecule has 2 aromatic carbocycles. The minimum Gasteiger partial charge on any atom is -0.354 e. The summed E-state index contributed by atoms with van der Waals surface area (Å²) in [6.45, 7) is 7.84. The molecule has 0 aromatic heterocycles. The molecule has 8 heteroatoms. The first kappa shape index (κ1) is 27.4. The number of hydrogen-bond donors (Lipinski definition) is 1. The summed E-state index contributed by atoms with van der Waals surface area (Å²) in [5.41, 5.74) is 3.06. The number of amides is 2. The molecule has 186 valence electrons. The molecule has 0 aliphatic rings. The van der Waals surface area contributed by atoms with Crippen molar-refractivity contribution in [1.29, 1.82) is 0 Å². The van der Waals surface area contributed by atoms with Gasteiger partial charge in [-0.1, -0.05) is 61.9 Å². The van der Waals surface area contributed by atoms with E-state index in [1.165, 1.54) is 4.90 Å². The number of nitrogens with one attached hydrogen (secondary N) is 1. The zero-order valence-corrected chi connectivity index (χ0v) is 21.7. The number of rotatable bonds is 12. The van der Waals surface area contributed by atoms with Crippen LogP contribution < -0.4 is 9.62 Å². The lowest BCUT2D eigenvalue weighted by atomic mass is 10.1. The largest absolute Gasteiger partial charge is 0.354 e. The predicted molar refractivity (Wildman–Crippen MR) is 137 cm³/mol. The van der Waals surface area contributed by atoms with Gasteiger partial charge in [0, 0.05) is 13.1 Å². The highest BCUT2D eigenvalue weighted by atomic mass is 32.2. The normalized spacial score (nSPS) is 12.1. The molecule has 0 spiro atoms. The lowest BCUT2D eigenvalue weighted by molar-refractivity contribution is -0.138. The highest BCUT2D eigenvalue weighted by Crippen LogP contribution is 2.27. The number of unbranched alkanes of at least 4 members (excludes halogenated alkanes) is 1. The van der Waals surface area contributed by atoms with Crippen molar-refractivity contribution >= 4 is 27.5 Å². The lowest BCUT2D eigenvalue weighted by Gasteiger charge is -2.32. The average molecular weight is 488 g/mol. The maximum Gasteiger partial charge on any atom is 0.244 e. The highest BCUT2D eigenvalue weighted by Gasteiger charge is 2.30. The molecular formula is C26H37N3O4S. The van der Waals surface area contributed by atoms with Gasteiger partial charge in [-0.25, -0.2) is 8.42 Å². The minimum absolute atomic E-state index is 0.243. The van der Waals surface area contributed by atoms with E-state index < -0.39 is 22.0 Å². The highest BCUT2D eigenvalue weighted by molar-refractivity contribution is 7.92. The minimum atomic E-state index is -3.74. The smallest absolute Gasteiger partial charge is 0.244 e. The van der Waals surface area contributed by atoms with Gasteiger partial charge in [-0.2, -0.15) is 0 Å². The topological polar surface area (TPSA) is 86.8 Å². The Morgan fingerprint density at radius 1 is 1.00 bits per heavy atom. The summed E-state index contributed by atoms with van der Waals surface area (Å²) in [5, 5.41) is 2.89. The van der Waals surface area contributed by atoms with E-state index >= 15 is 0 Å². The van der Waals surface area contributed by atoms with Crippen molar-refractivity contribution < 1.29 is 18.0 Å². The molecular weight excluding hydrogens is 450 g/mol. The Balaban J connectivity index is 2.32. The number of benzene rings is 2. The number of anilines is 1. The molecule has 2 rings (SSSR count). The number of aryl methyl sites for hydroxylation is 2. The van der Waals surface area contributed by atoms with Gasteiger partial charge in [0.25, 0.3) is 0 Å². The fourth-order valence-electron chi connectivity index (χ4n) is 3.88. The molecule has 0 aliphatic heterocycles. The fraction of sp³-hybridized carbons (Fsp3) is 0.462. The van der Waals surface area contributed by atoms with Gasteiger partial charge in [-0.3, -0.25) is 13.9 Å². The Morgan fingerprint density at radius 3 is 2.18 bits per heavy atom. The molecule has 2 aromatic rings. The second-order valence-corrected chi connectivity index (χ2v) is 10.6. The summed E-state index contributed by atoms with van der Waals surface area (Å²) in [6.07, 6.45) is 3.46. The fourth-order valence-corrected chi connectivity index (χ4v) is 4.85. The van der Waals surface area contributed by atoms with E-state index in [1.54, 1.807) is 6.92 Å².